The zero-order chi connectivity index (χ0) is 16.1. The second kappa shape index (κ2) is 6.49. The molecule has 1 amide bonds. The predicted octanol–water partition coefficient (Wildman–Crippen LogP) is 2.22. The van der Waals surface area contributed by atoms with Crippen LogP contribution in [-0.2, 0) is 6.54 Å². The van der Waals surface area contributed by atoms with Crippen LogP contribution in [0.15, 0.2) is 48.5 Å². The zero-order valence-electron chi connectivity index (χ0n) is 11.4. The number of hydrogen-bond acceptors (Lipinski definition) is 4. The van der Waals surface area contributed by atoms with Crippen molar-refractivity contribution in [1.29, 1.82) is 0 Å². The summed E-state index contributed by atoms with van der Waals surface area (Å²) in [5.74, 6) is -1.95. The van der Waals surface area contributed by atoms with Gasteiger partial charge in [0.25, 0.3) is 11.6 Å². The highest BCUT2D eigenvalue weighted by molar-refractivity contribution is 6.00. The normalized spacial score (nSPS) is 10.0. The average Bonchev–Trinajstić information content (AvgIpc) is 2.52. The number of aromatic carboxylic acids is 1. The van der Waals surface area contributed by atoms with Gasteiger partial charge in [0.15, 0.2) is 0 Å². The maximum Gasteiger partial charge on any atom is 0.335 e. The predicted molar refractivity (Wildman–Crippen MR) is 77.7 cm³/mol. The molecule has 0 aliphatic heterocycles. The van der Waals surface area contributed by atoms with E-state index in [0.717, 1.165) is 23.8 Å². The molecule has 2 rings (SSSR count). The van der Waals surface area contributed by atoms with Gasteiger partial charge in [0, 0.05) is 12.6 Å². The maximum absolute atomic E-state index is 12.1. The highest BCUT2D eigenvalue weighted by atomic mass is 16.6. The molecule has 0 saturated carbocycles. The van der Waals surface area contributed by atoms with Crippen LogP contribution in [0.4, 0.5) is 5.69 Å². The summed E-state index contributed by atoms with van der Waals surface area (Å²) in [6.07, 6.45) is 0. The summed E-state index contributed by atoms with van der Waals surface area (Å²) in [6.45, 7) is 0.189. The van der Waals surface area contributed by atoms with Gasteiger partial charge in [-0.25, -0.2) is 4.79 Å². The van der Waals surface area contributed by atoms with Crippen molar-refractivity contribution in [2.24, 2.45) is 0 Å². The maximum atomic E-state index is 12.1. The molecular weight excluding hydrogens is 288 g/mol. The van der Waals surface area contributed by atoms with E-state index in [1.807, 2.05) is 6.07 Å². The van der Waals surface area contributed by atoms with E-state index in [1.165, 1.54) is 0 Å². The largest absolute Gasteiger partial charge is 0.478 e. The van der Waals surface area contributed by atoms with Gasteiger partial charge in [-0.3, -0.25) is 14.9 Å². The number of carbonyl (C=O) groups excluding carboxylic acids is 1. The second-order valence-electron chi connectivity index (χ2n) is 4.46. The molecule has 0 aliphatic carbocycles. The molecule has 0 spiro atoms. The van der Waals surface area contributed by atoms with Gasteiger partial charge in [-0.15, -0.1) is 0 Å². The quantitative estimate of drug-likeness (QED) is 0.650. The molecule has 2 aromatic rings. The van der Waals surface area contributed by atoms with Crippen LogP contribution >= 0.6 is 0 Å². The lowest BCUT2D eigenvalue weighted by Gasteiger charge is -2.07. The summed E-state index contributed by atoms with van der Waals surface area (Å²) in [6, 6.07) is 12.1. The third-order valence-electron chi connectivity index (χ3n) is 2.98. The molecule has 0 saturated heterocycles. The summed E-state index contributed by atoms with van der Waals surface area (Å²) in [5, 5.41) is 22.4. The van der Waals surface area contributed by atoms with Crippen LogP contribution in [0.2, 0.25) is 0 Å². The molecular formula is C15H12N2O5. The minimum Gasteiger partial charge on any atom is -0.478 e. The molecule has 0 aromatic heterocycles. The van der Waals surface area contributed by atoms with Crippen LogP contribution in [0.3, 0.4) is 0 Å². The number of benzene rings is 2. The molecule has 7 heteroatoms. The molecule has 2 N–H and O–H groups in total. The fourth-order valence-corrected chi connectivity index (χ4v) is 1.88. The Morgan fingerprint density at radius 1 is 1.14 bits per heavy atom. The SMILES string of the molecule is O=C(O)c1ccc([N+](=O)[O-])c(C(=O)NCc2ccccc2)c1. The molecule has 0 aliphatic rings. The summed E-state index contributed by atoms with van der Waals surface area (Å²) < 4.78 is 0. The van der Waals surface area contributed by atoms with Crippen molar-refractivity contribution < 1.29 is 19.6 Å². The van der Waals surface area contributed by atoms with Crippen LogP contribution in [0, 0.1) is 10.1 Å². The molecule has 0 unspecified atom stereocenters. The molecule has 0 heterocycles. The number of nitro benzene ring substituents is 1. The monoisotopic (exact) mass is 300 g/mol. The Balaban J connectivity index is 2.25. The molecule has 0 radical (unpaired) electrons. The van der Waals surface area contributed by atoms with Gasteiger partial charge in [0.2, 0.25) is 0 Å². The topological polar surface area (TPSA) is 110 Å². The first-order chi connectivity index (χ1) is 10.5. The Morgan fingerprint density at radius 3 is 2.41 bits per heavy atom. The Morgan fingerprint density at radius 2 is 1.82 bits per heavy atom. The fraction of sp³-hybridized carbons (Fsp3) is 0.0667. The van der Waals surface area contributed by atoms with Crippen LogP contribution in [0.25, 0.3) is 0 Å². The average molecular weight is 300 g/mol. The van der Waals surface area contributed by atoms with Gasteiger partial charge in [-0.2, -0.15) is 0 Å². The van der Waals surface area contributed by atoms with Gasteiger partial charge >= 0.3 is 5.97 Å². The van der Waals surface area contributed by atoms with E-state index in [1.54, 1.807) is 24.3 Å². The molecule has 2 aromatic carbocycles. The van der Waals surface area contributed by atoms with Gasteiger partial charge in [-0.1, -0.05) is 30.3 Å². The Labute approximate surface area is 125 Å². The van der Waals surface area contributed by atoms with Crippen molar-refractivity contribution in [3.05, 3.63) is 75.3 Å². The number of carbonyl (C=O) groups is 2. The number of nitrogens with one attached hydrogen (secondary N) is 1. The van der Waals surface area contributed by atoms with Gasteiger partial charge in [0.05, 0.1) is 10.5 Å². The van der Waals surface area contributed by atoms with Crippen molar-refractivity contribution in [3.63, 3.8) is 0 Å². The van der Waals surface area contributed by atoms with E-state index in [9.17, 15) is 19.7 Å². The highest BCUT2D eigenvalue weighted by Crippen LogP contribution is 2.20. The van der Waals surface area contributed by atoms with Crippen molar-refractivity contribution in [3.8, 4) is 0 Å². The third kappa shape index (κ3) is 3.45. The van der Waals surface area contributed by atoms with Crippen LogP contribution < -0.4 is 5.32 Å². The van der Waals surface area contributed by atoms with E-state index < -0.39 is 22.5 Å². The van der Waals surface area contributed by atoms with Gasteiger partial charge in [0.1, 0.15) is 5.56 Å². The number of amides is 1. The minimum atomic E-state index is -1.26. The summed E-state index contributed by atoms with van der Waals surface area (Å²) in [4.78, 5) is 33.3. The Hall–Kier alpha value is -3.22. The first kappa shape index (κ1) is 15.2. The number of carboxylic acids is 1. The first-order valence-corrected chi connectivity index (χ1v) is 6.33. The standard InChI is InChI=1S/C15H12N2O5/c18-14(16-9-10-4-2-1-3-5-10)12-8-11(15(19)20)6-7-13(12)17(21)22/h1-8H,9H2,(H,16,18)(H,19,20). The van der Waals surface area contributed by atoms with Crippen molar-refractivity contribution in [1.82, 2.24) is 5.32 Å². The molecule has 22 heavy (non-hydrogen) atoms. The Bertz CT molecular complexity index is 728. The number of hydrogen-bond donors (Lipinski definition) is 2. The van der Waals surface area contributed by atoms with E-state index in [0.29, 0.717) is 0 Å². The third-order valence-corrected chi connectivity index (χ3v) is 2.98. The van der Waals surface area contributed by atoms with Gasteiger partial charge in [-0.05, 0) is 17.7 Å². The van der Waals surface area contributed by atoms with Crippen molar-refractivity contribution in [2.75, 3.05) is 0 Å². The van der Waals surface area contributed by atoms with Crippen molar-refractivity contribution >= 4 is 17.6 Å². The lowest BCUT2D eigenvalue weighted by atomic mass is 10.1. The van der Waals surface area contributed by atoms with E-state index in [-0.39, 0.29) is 17.7 Å². The number of rotatable bonds is 5. The highest BCUT2D eigenvalue weighted by Gasteiger charge is 2.22. The molecule has 112 valence electrons. The molecule has 0 fully saturated rings. The fourth-order valence-electron chi connectivity index (χ4n) is 1.88. The molecule has 0 atom stereocenters. The summed E-state index contributed by atoms with van der Waals surface area (Å²) in [5.41, 5.74) is -0.0697. The van der Waals surface area contributed by atoms with Crippen LogP contribution in [0.1, 0.15) is 26.3 Å². The lowest BCUT2D eigenvalue weighted by molar-refractivity contribution is -0.385. The molecule has 7 nitrogen and oxygen atoms in total. The second-order valence-corrected chi connectivity index (χ2v) is 4.46. The number of nitrogens with zero attached hydrogens (tertiary/aromatic N) is 1. The smallest absolute Gasteiger partial charge is 0.335 e. The number of nitro groups is 1. The Kier molecular flexibility index (Phi) is 4.47. The summed E-state index contributed by atoms with van der Waals surface area (Å²) >= 11 is 0. The van der Waals surface area contributed by atoms with Gasteiger partial charge < -0.3 is 10.4 Å². The zero-order valence-corrected chi connectivity index (χ0v) is 11.4. The van der Waals surface area contributed by atoms with E-state index in [2.05, 4.69) is 5.32 Å². The van der Waals surface area contributed by atoms with Crippen LogP contribution in [-0.4, -0.2) is 21.9 Å². The van der Waals surface area contributed by atoms with E-state index in [4.69, 9.17) is 5.11 Å². The molecule has 0 bridgehead atoms. The lowest BCUT2D eigenvalue weighted by Crippen LogP contribution is -2.24. The van der Waals surface area contributed by atoms with Crippen LogP contribution in [0.5, 0.6) is 0 Å². The first-order valence-electron chi connectivity index (χ1n) is 6.33. The van der Waals surface area contributed by atoms with Crippen molar-refractivity contribution in [2.45, 2.75) is 6.54 Å². The summed E-state index contributed by atoms with van der Waals surface area (Å²) in [7, 11) is 0. The van der Waals surface area contributed by atoms with E-state index >= 15 is 0 Å². The number of carboxylic acid groups (broad SMARTS) is 1. The minimum absolute atomic E-state index is 0.185.